The highest BCUT2D eigenvalue weighted by atomic mass is 16.4. The van der Waals surface area contributed by atoms with E-state index in [4.69, 9.17) is 5.73 Å². The van der Waals surface area contributed by atoms with Crippen LogP contribution in [0.15, 0.2) is 30.5 Å². The maximum absolute atomic E-state index is 11.4. The summed E-state index contributed by atoms with van der Waals surface area (Å²) in [6.07, 6.45) is 3.61. The lowest BCUT2D eigenvalue weighted by Crippen LogP contribution is -2.52. The molecule has 4 heteroatoms. The molecule has 0 saturated heterocycles. The summed E-state index contributed by atoms with van der Waals surface area (Å²) in [5.41, 5.74) is 7.22. The van der Waals surface area contributed by atoms with Crippen molar-refractivity contribution in [2.75, 3.05) is 0 Å². The highest BCUT2D eigenvalue weighted by Gasteiger charge is 2.49. The van der Waals surface area contributed by atoms with Crippen molar-refractivity contribution in [2.45, 2.75) is 25.3 Å². The van der Waals surface area contributed by atoms with Crippen LogP contribution in [0.5, 0.6) is 0 Å². The summed E-state index contributed by atoms with van der Waals surface area (Å²) >= 11 is 0. The fourth-order valence-corrected chi connectivity index (χ4v) is 2.98. The molecule has 4 N–H and O–H groups in total. The second kappa shape index (κ2) is 3.85. The van der Waals surface area contributed by atoms with Gasteiger partial charge in [0.25, 0.3) is 0 Å². The van der Waals surface area contributed by atoms with E-state index in [-0.39, 0.29) is 6.04 Å². The van der Waals surface area contributed by atoms with Gasteiger partial charge in [-0.05, 0) is 30.9 Å². The smallest absolute Gasteiger partial charge is 0.310 e. The first-order chi connectivity index (χ1) is 8.61. The topological polar surface area (TPSA) is 79.1 Å². The van der Waals surface area contributed by atoms with Gasteiger partial charge in [0.15, 0.2) is 0 Å². The Morgan fingerprint density at radius 3 is 2.83 bits per heavy atom. The van der Waals surface area contributed by atoms with Crippen molar-refractivity contribution < 1.29 is 9.90 Å². The summed E-state index contributed by atoms with van der Waals surface area (Å²) in [7, 11) is 0. The molecule has 1 aliphatic rings. The fraction of sp³-hybridized carbons (Fsp3) is 0.357. The third-order valence-corrected chi connectivity index (χ3v) is 3.96. The summed E-state index contributed by atoms with van der Waals surface area (Å²) in [4.78, 5) is 14.6. The molecule has 0 aliphatic heterocycles. The molecule has 0 atom stereocenters. The number of aromatic amines is 1. The summed E-state index contributed by atoms with van der Waals surface area (Å²) in [6, 6.07) is 7.99. The molecule has 0 unspecified atom stereocenters. The van der Waals surface area contributed by atoms with Crippen LogP contribution in [-0.2, 0) is 11.2 Å². The molecule has 1 aromatic carbocycles. The Morgan fingerprint density at radius 2 is 2.17 bits per heavy atom. The number of carbonyl (C=O) groups is 1. The number of carboxylic acid groups (broad SMARTS) is 1. The second-order valence-electron chi connectivity index (χ2n) is 5.29. The Labute approximate surface area is 105 Å². The standard InChI is InChI=1S/C14H16N2O2/c15-10-6-14(7-10,13(17)18)5-9-8-16-12-4-2-1-3-11(9)12/h1-4,8,10,16H,5-7,15H2,(H,17,18). The number of rotatable bonds is 3. The molecule has 1 saturated carbocycles. The minimum Gasteiger partial charge on any atom is -0.481 e. The van der Waals surface area contributed by atoms with E-state index in [1.54, 1.807) is 0 Å². The highest BCUT2D eigenvalue weighted by molar-refractivity contribution is 5.84. The molecular weight excluding hydrogens is 228 g/mol. The minimum absolute atomic E-state index is 0.0336. The van der Waals surface area contributed by atoms with Gasteiger partial charge in [0, 0.05) is 23.1 Å². The zero-order chi connectivity index (χ0) is 12.8. The zero-order valence-electron chi connectivity index (χ0n) is 10.0. The number of nitrogens with two attached hydrogens (primary N) is 1. The summed E-state index contributed by atoms with van der Waals surface area (Å²) in [5.74, 6) is -0.727. The molecule has 0 spiro atoms. The van der Waals surface area contributed by atoms with Crippen LogP contribution in [0.1, 0.15) is 18.4 Å². The third kappa shape index (κ3) is 1.61. The Bertz CT molecular complexity index is 597. The van der Waals surface area contributed by atoms with Crippen molar-refractivity contribution >= 4 is 16.9 Å². The third-order valence-electron chi connectivity index (χ3n) is 3.96. The molecule has 3 rings (SSSR count). The van der Waals surface area contributed by atoms with E-state index in [9.17, 15) is 9.90 Å². The lowest BCUT2D eigenvalue weighted by atomic mass is 9.63. The number of hydrogen-bond donors (Lipinski definition) is 3. The van der Waals surface area contributed by atoms with Gasteiger partial charge in [-0.2, -0.15) is 0 Å². The van der Waals surface area contributed by atoms with Crippen LogP contribution in [0.25, 0.3) is 10.9 Å². The summed E-state index contributed by atoms with van der Waals surface area (Å²) in [5, 5.41) is 10.5. The maximum Gasteiger partial charge on any atom is 0.310 e. The van der Waals surface area contributed by atoms with Crippen molar-refractivity contribution in [3.8, 4) is 0 Å². The lowest BCUT2D eigenvalue weighted by molar-refractivity contribution is -0.155. The average Bonchev–Trinajstić information content (AvgIpc) is 2.70. The molecule has 18 heavy (non-hydrogen) atoms. The van der Waals surface area contributed by atoms with Crippen LogP contribution in [0.4, 0.5) is 0 Å². The molecule has 4 nitrogen and oxygen atoms in total. The zero-order valence-corrected chi connectivity index (χ0v) is 10.0. The Kier molecular flexibility index (Phi) is 2.41. The monoisotopic (exact) mass is 244 g/mol. The number of benzene rings is 1. The predicted molar refractivity (Wildman–Crippen MR) is 69.3 cm³/mol. The van der Waals surface area contributed by atoms with Crippen molar-refractivity contribution in [3.63, 3.8) is 0 Å². The van der Waals surface area contributed by atoms with Crippen molar-refractivity contribution in [3.05, 3.63) is 36.0 Å². The van der Waals surface area contributed by atoms with E-state index in [1.807, 2.05) is 30.5 Å². The Hall–Kier alpha value is -1.81. The van der Waals surface area contributed by atoms with E-state index in [0.717, 1.165) is 16.5 Å². The largest absolute Gasteiger partial charge is 0.481 e. The van der Waals surface area contributed by atoms with Crippen LogP contribution in [0.2, 0.25) is 0 Å². The highest BCUT2D eigenvalue weighted by Crippen LogP contribution is 2.44. The summed E-state index contributed by atoms with van der Waals surface area (Å²) in [6.45, 7) is 0. The first-order valence-electron chi connectivity index (χ1n) is 6.15. The SMILES string of the molecule is NC1CC(Cc2c[nH]c3ccccc23)(C(=O)O)C1. The second-order valence-corrected chi connectivity index (χ2v) is 5.29. The van der Waals surface area contributed by atoms with Crippen LogP contribution < -0.4 is 5.73 Å². The fourth-order valence-electron chi connectivity index (χ4n) is 2.98. The number of H-pyrrole nitrogens is 1. The Morgan fingerprint density at radius 1 is 1.44 bits per heavy atom. The van der Waals surface area contributed by atoms with Crippen molar-refractivity contribution in [1.82, 2.24) is 4.98 Å². The average molecular weight is 244 g/mol. The molecular formula is C14H16N2O2. The van der Waals surface area contributed by atoms with Crippen LogP contribution in [-0.4, -0.2) is 22.1 Å². The first-order valence-corrected chi connectivity index (χ1v) is 6.15. The number of nitrogens with one attached hydrogen (secondary N) is 1. The minimum atomic E-state index is -0.727. The first kappa shape index (κ1) is 11.3. The van der Waals surface area contributed by atoms with E-state index in [0.29, 0.717) is 19.3 Å². The van der Waals surface area contributed by atoms with Crippen molar-refractivity contribution in [1.29, 1.82) is 0 Å². The van der Waals surface area contributed by atoms with E-state index < -0.39 is 11.4 Å². The number of aromatic nitrogens is 1. The van der Waals surface area contributed by atoms with E-state index in [1.165, 1.54) is 0 Å². The number of para-hydroxylation sites is 1. The molecule has 0 amide bonds. The van der Waals surface area contributed by atoms with Gasteiger partial charge >= 0.3 is 5.97 Å². The van der Waals surface area contributed by atoms with Crippen molar-refractivity contribution in [2.24, 2.45) is 11.1 Å². The molecule has 1 fully saturated rings. The van der Waals surface area contributed by atoms with E-state index >= 15 is 0 Å². The van der Waals surface area contributed by atoms with Gasteiger partial charge < -0.3 is 15.8 Å². The Balaban J connectivity index is 1.94. The number of fused-ring (bicyclic) bond motifs is 1. The van der Waals surface area contributed by atoms with Crippen LogP contribution in [0.3, 0.4) is 0 Å². The van der Waals surface area contributed by atoms with Gasteiger partial charge in [-0.25, -0.2) is 0 Å². The number of hydrogen-bond acceptors (Lipinski definition) is 2. The molecule has 94 valence electrons. The molecule has 0 bridgehead atoms. The normalized spacial score (nSPS) is 27.1. The van der Waals surface area contributed by atoms with Crippen LogP contribution >= 0.6 is 0 Å². The molecule has 1 aromatic heterocycles. The molecule has 1 aliphatic carbocycles. The van der Waals surface area contributed by atoms with Gasteiger partial charge in [-0.3, -0.25) is 4.79 Å². The quantitative estimate of drug-likeness (QED) is 0.771. The molecule has 2 aromatic rings. The van der Waals surface area contributed by atoms with Gasteiger partial charge in [-0.15, -0.1) is 0 Å². The van der Waals surface area contributed by atoms with Gasteiger partial charge in [0.1, 0.15) is 0 Å². The molecule has 0 radical (unpaired) electrons. The number of aliphatic carboxylic acids is 1. The van der Waals surface area contributed by atoms with Gasteiger partial charge in [0.05, 0.1) is 5.41 Å². The summed E-state index contributed by atoms with van der Waals surface area (Å²) < 4.78 is 0. The van der Waals surface area contributed by atoms with Gasteiger partial charge in [-0.1, -0.05) is 18.2 Å². The van der Waals surface area contributed by atoms with Gasteiger partial charge in [0.2, 0.25) is 0 Å². The van der Waals surface area contributed by atoms with E-state index in [2.05, 4.69) is 4.98 Å². The maximum atomic E-state index is 11.4. The number of carboxylic acids is 1. The lowest BCUT2D eigenvalue weighted by Gasteiger charge is -2.42. The predicted octanol–water partition coefficient (Wildman–Crippen LogP) is 1.90. The molecule has 1 heterocycles. The van der Waals surface area contributed by atoms with Crippen LogP contribution in [0, 0.1) is 5.41 Å².